The molecule has 2 unspecified atom stereocenters. The van der Waals surface area contributed by atoms with Gasteiger partial charge in [-0.05, 0) is 62.5 Å². The lowest BCUT2D eigenvalue weighted by Gasteiger charge is -2.19. The SMILES string of the molecule is CCCCC(CC)CC(C)CCCCCCCCC[n+]1c(-c2ccccc2)c(-c2ccccc2)n(CCCC)c1-c1c(C)cccc1C. The highest BCUT2D eigenvalue weighted by Gasteiger charge is 2.34. The number of aryl methyl sites for hydroxylation is 2. The van der Waals surface area contributed by atoms with Gasteiger partial charge in [0.15, 0.2) is 11.4 Å². The lowest BCUT2D eigenvalue weighted by molar-refractivity contribution is -0.675. The smallest absolute Gasteiger partial charge is 0.222 e. The maximum atomic E-state index is 2.70. The number of nitrogens with zero attached hydrogens (tertiary/aromatic N) is 2. The van der Waals surface area contributed by atoms with Gasteiger partial charge < -0.3 is 0 Å². The molecule has 0 aliphatic heterocycles. The molecule has 2 heteroatoms. The first-order valence-corrected chi connectivity index (χ1v) is 19.8. The number of hydrogen-bond acceptors (Lipinski definition) is 0. The Labute approximate surface area is 295 Å². The summed E-state index contributed by atoms with van der Waals surface area (Å²) in [4.78, 5) is 0. The van der Waals surface area contributed by atoms with Crippen LogP contribution in [0, 0.1) is 25.7 Å². The van der Waals surface area contributed by atoms with Gasteiger partial charge in [0.1, 0.15) is 0 Å². The number of aromatic nitrogens is 2. The van der Waals surface area contributed by atoms with E-state index in [9.17, 15) is 0 Å². The van der Waals surface area contributed by atoms with Crippen molar-refractivity contribution in [1.82, 2.24) is 4.57 Å². The largest absolute Gasteiger partial charge is 0.290 e. The van der Waals surface area contributed by atoms with Crippen LogP contribution in [0.2, 0.25) is 0 Å². The molecule has 0 saturated carbocycles. The second kappa shape index (κ2) is 20.4. The summed E-state index contributed by atoms with van der Waals surface area (Å²) in [6, 6.07) is 29.1. The molecule has 0 amide bonds. The van der Waals surface area contributed by atoms with E-state index in [0.29, 0.717) is 0 Å². The summed E-state index contributed by atoms with van der Waals surface area (Å²) in [5.41, 5.74) is 9.46. The fourth-order valence-electron chi connectivity index (χ4n) is 7.89. The van der Waals surface area contributed by atoms with Crippen LogP contribution in [0.3, 0.4) is 0 Å². The van der Waals surface area contributed by atoms with Crippen LogP contribution in [-0.2, 0) is 13.1 Å². The van der Waals surface area contributed by atoms with Gasteiger partial charge in [-0.25, -0.2) is 9.13 Å². The molecule has 0 aliphatic rings. The van der Waals surface area contributed by atoms with Crippen molar-refractivity contribution in [2.45, 2.75) is 151 Å². The lowest BCUT2D eigenvalue weighted by Crippen LogP contribution is -2.38. The van der Waals surface area contributed by atoms with E-state index in [2.05, 4.69) is 130 Å². The summed E-state index contributed by atoms with van der Waals surface area (Å²) in [6.45, 7) is 16.2. The number of unbranched alkanes of at least 4 members (excludes halogenated alkanes) is 8. The van der Waals surface area contributed by atoms with Crippen LogP contribution in [0.15, 0.2) is 78.9 Å². The fourth-order valence-corrected chi connectivity index (χ4v) is 7.89. The molecule has 2 nitrogen and oxygen atoms in total. The Bertz CT molecular complexity index is 1440. The van der Waals surface area contributed by atoms with Crippen molar-refractivity contribution in [3.63, 3.8) is 0 Å². The van der Waals surface area contributed by atoms with Crippen LogP contribution in [-0.4, -0.2) is 4.57 Å². The van der Waals surface area contributed by atoms with E-state index in [4.69, 9.17) is 0 Å². The molecule has 0 spiro atoms. The second-order valence-electron chi connectivity index (χ2n) is 14.7. The average Bonchev–Trinajstić information content (AvgIpc) is 3.42. The molecule has 1 heterocycles. The Balaban J connectivity index is 1.51. The fraction of sp³-hybridized carbons (Fsp3) is 0.543. The highest BCUT2D eigenvalue weighted by atomic mass is 15.2. The quantitative estimate of drug-likeness (QED) is 0.0593. The summed E-state index contributed by atoms with van der Waals surface area (Å²) in [7, 11) is 0. The molecule has 0 bridgehead atoms. The topological polar surface area (TPSA) is 8.81 Å². The van der Waals surface area contributed by atoms with Crippen molar-refractivity contribution >= 4 is 0 Å². The Morgan fingerprint density at radius 2 is 1.19 bits per heavy atom. The van der Waals surface area contributed by atoms with E-state index in [0.717, 1.165) is 31.3 Å². The van der Waals surface area contributed by atoms with Crippen molar-refractivity contribution in [3.05, 3.63) is 90.0 Å². The molecule has 0 fully saturated rings. The zero-order valence-electron chi connectivity index (χ0n) is 31.6. The molecule has 0 aliphatic carbocycles. The normalized spacial score (nSPS) is 12.8. The van der Waals surface area contributed by atoms with E-state index in [1.54, 1.807) is 0 Å². The first-order valence-electron chi connectivity index (χ1n) is 19.8. The number of benzene rings is 3. The Morgan fingerprint density at radius 3 is 1.79 bits per heavy atom. The van der Waals surface area contributed by atoms with Gasteiger partial charge in [-0.1, -0.05) is 177 Å². The molecule has 4 aromatic rings. The van der Waals surface area contributed by atoms with Gasteiger partial charge in [0.25, 0.3) is 5.82 Å². The molecule has 1 aromatic heterocycles. The molecule has 3 aromatic carbocycles. The number of rotatable bonds is 22. The minimum absolute atomic E-state index is 0.888. The van der Waals surface area contributed by atoms with Crippen LogP contribution in [0.25, 0.3) is 33.9 Å². The van der Waals surface area contributed by atoms with Crippen molar-refractivity contribution in [1.29, 1.82) is 0 Å². The van der Waals surface area contributed by atoms with Crippen LogP contribution in [0.1, 0.15) is 135 Å². The van der Waals surface area contributed by atoms with Crippen LogP contribution >= 0.6 is 0 Å². The predicted octanol–water partition coefficient (Wildman–Crippen LogP) is 13.6. The standard InChI is InChI=1S/C46H67N2/c1-7-10-29-40(9-3)36-37(4)26-19-15-13-12-14-16-24-35-48-45(42-32-22-18-23-33-42)44(41-30-20-17-21-31-41)47(34-11-8-2)46(48)43-38(5)27-25-28-39(43)6/h17-18,20-23,25,27-28,30-33,37,40H,7-16,19,24,26,29,34-36H2,1-6H3/q+1. The first-order chi connectivity index (χ1) is 23.5. The van der Waals surface area contributed by atoms with Crippen molar-refractivity contribution in [3.8, 4) is 33.9 Å². The number of imidazole rings is 1. The molecule has 2 atom stereocenters. The second-order valence-corrected chi connectivity index (χ2v) is 14.7. The van der Waals surface area contributed by atoms with Crippen molar-refractivity contribution in [2.75, 3.05) is 0 Å². The maximum Gasteiger partial charge on any atom is 0.290 e. The van der Waals surface area contributed by atoms with E-state index >= 15 is 0 Å². The van der Waals surface area contributed by atoms with Gasteiger partial charge >= 0.3 is 0 Å². The van der Waals surface area contributed by atoms with Crippen LogP contribution in [0.5, 0.6) is 0 Å². The predicted molar refractivity (Wildman–Crippen MR) is 209 cm³/mol. The van der Waals surface area contributed by atoms with Crippen LogP contribution < -0.4 is 4.57 Å². The molecule has 4 rings (SSSR count). The Kier molecular flexibility index (Phi) is 16.0. The van der Waals surface area contributed by atoms with E-state index < -0.39 is 0 Å². The van der Waals surface area contributed by atoms with Gasteiger partial charge in [0.05, 0.1) is 18.7 Å². The minimum Gasteiger partial charge on any atom is -0.222 e. The van der Waals surface area contributed by atoms with Gasteiger partial charge in [-0.2, -0.15) is 0 Å². The molecule has 260 valence electrons. The zero-order valence-corrected chi connectivity index (χ0v) is 31.6. The average molecular weight is 648 g/mol. The van der Waals surface area contributed by atoms with E-state index in [-0.39, 0.29) is 0 Å². The Hall–Kier alpha value is -3.13. The zero-order chi connectivity index (χ0) is 34.1. The third kappa shape index (κ3) is 10.4. The summed E-state index contributed by atoms with van der Waals surface area (Å²) < 4.78 is 5.37. The summed E-state index contributed by atoms with van der Waals surface area (Å²) in [6.07, 6.45) is 20.2. The lowest BCUT2D eigenvalue weighted by atomic mass is 9.87. The third-order valence-electron chi connectivity index (χ3n) is 10.7. The van der Waals surface area contributed by atoms with Crippen molar-refractivity contribution in [2.24, 2.45) is 11.8 Å². The maximum absolute atomic E-state index is 2.70. The molecule has 0 N–H and O–H groups in total. The first kappa shape index (κ1) is 37.7. The highest BCUT2D eigenvalue weighted by Crippen LogP contribution is 2.37. The highest BCUT2D eigenvalue weighted by molar-refractivity contribution is 5.80. The van der Waals surface area contributed by atoms with E-state index in [1.807, 2.05) is 0 Å². The molecular formula is C46H67N2+. The van der Waals surface area contributed by atoms with E-state index in [1.165, 1.54) is 135 Å². The molecule has 48 heavy (non-hydrogen) atoms. The summed E-state index contributed by atoms with van der Waals surface area (Å²) in [5.74, 6) is 3.22. The van der Waals surface area contributed by atoms with Gasteiger partial charge in [-0.3, -0.25) is 0 Å². The molecule has 0 radical (unpaired) electrons. The monoisotopic (exact) mass is 648 g/mol. The van der Waals surface area contributed by atoms with Gasteiger partial charge in [0, 0.05) is 11.1 Å². The van der Waals surface area contributed by atoms with Crippen molar-refractivity contribution < 1.29 is 4.57 Å². The Morgan fingerprint density at radius 1 is 0.604 bits per heavy atom. The van der Waals surface area contributed by atoms with Gasteiger partial charge in [0.2, 0.25) is 0 Å². The number of hydrogen-bond donors (Lipinski definition) is 0. The molecular weight excluding hydrogens is 581 g/mol. The van der Waals surface area contributed by atoms with Gasteiger partial charge in [-0.15, -0.1) is 0 Å². The third-order valence-corrected chi connectivity index (χ3v) is 10.7. The summed E-state index contributed by atoms with van der Waals surface area (Å²) >= 11 is 0. The van der Waals surface area contributed by atoms with Crippen LogP contribution in [0.4, 0.5) is 0 Å². The summed E-state index contributed by atoms with van der Waals surface area (Å²) in [5, 5.41) is 0. The molecule has 0 saturated heterocycles. The minimum atomic E-state index is 0.888.